The summed E-state index contributed by atoms with van der Waals surface area (Å²) in [6, 6.07) is 7.86. The van der Waals surface area contributed by atoms with Crippen molar-refractivity contribution in [3.05, 3.63) is 29.8 Å². The molecule has 0 fully saturated rings. The van der Waals surface area contributed by atoms with Gasteiger partial charge in [-0.2, -0.15) is 4.80 Å². The first-order valence-electron chi connectivity index (χ1n) is 6.66. The van der Waals surface area contributed by atoms with Crippen molar-refractivity contribution in [3.63, 3.8) is 0 Å². The molecule has 0 saturated heterocycles. The van der Waals surface area contributed by atoms with Gasteiger partial charge in [-0.1, -0.05) is 43.7 Å². The van der Waals surface area contributed by atoms with Crippen LogP contribution in [0.2, 0.25) is 0 Å². The number of nitrogens with one attached hydrogen (secondary N) is 1. The summed E-state index contributed by atoms with van der Waals surface area (Å²) < 4.78 is 0. The molecule has 0 radical (unpaired) electrons. The first kappa shape index (κ1) is 14.2. The first-order chi connectivity index (χ1) is 9.54. The van der Waals surface area contributed by atoms with Crippen LogP contribution < -0.4 is 5.32 Å². The van der Waals surface area contributed by atoms with Crippen molar-refractivity contribution < 1.29 is 4.79 Å². The Morgan fingerprint density at radius 1 is 1.30 bits per heavy atom. The van der Waals surface area contributed by atoms with E-state index in [1.807, 2.05) is 45.0 Å². The molecule has 0 aliphatic carbocycles. The summed E-state index contributed by atoms with van der Waals surface area (Å²) in [5, 5.41) is 14.9. The average molecular weight is 273 g/mol. The summed E-state index contributed by atoms with van der Waals surface area (Å²) in [5.74, 6) is 0.846. The molecule has 2 rings (SSSR count). The van der Waals surface area contributed by atoms with E-state index < -0.39 is 0 Å². The number of rotatable bonds is 5. The maximum absolute atomic E-state index is 11.7. The molecule has 1 aromatic heterocycles. The molecule has 0 unspecified atom stereocenters. The summed E-state index contributed by atoms with van der Waals surface area (Å²) in [7, 11) is 0. The fraction of sp³-hybridized carbons (Fsp3) is 0.429. The average Bonchev–Trinajstić information content (AvgIpc) is 2.85. The van der Waals surface area contributed by atoms with E-state index in [2.05, 4.69) is 20.7 Å². The second kappa shape index (κ2) is 6.27. The van der Waals surface area contributed by atoms with Crippen LogP contribution in [-0.4, -0.2) is 32.7 Å². The van der Waals surface area contributed by atoms with Crippen molar-refractivity contribution in [2.45, 2.75) is 27.3 Å². The van der Waals surface area contributed by atoms with Crippen LogP contribution in [0, 0.1) is 12.8 Å². The van der Waals surface area contributed by atoms with E-state index in [1.165, 1.54) is 10.4 Å². The van der Waals surface area contributed by atoms with E-state index in [0.717, 1.165) is 5.56 Å². The SMILES string of the molecule is Cc1ccc(-c2nnn(CC(=O)NCC(C)C)n2)cc1. The van der Waals surface area contributed by atoms with Gasteiger partial charge in [0.05, 0.1) is 0 Å². The number of amides is 1. The van der Waals surface area contributed by atoms with Gasteiger partial charge in [0.2, 0.25) is 11.7 Å². The van der Waals surface area contributed by atoms with Gasteiger partial charge in [0.1, 0.15) is 6.54 Å². The Balaban J connectivity index is 1.98. The molecule has 0 saturated carbocycles. The number of benzene rings is 1. The summed E-state index contributed by atoms with van der Waals surface area (Å²) in [6.45, 7) is 6.85. The summed E-state index contributed by atoms with van der Waals surface area (Å²) >= 11 is 0. The molecule has 106 valence electrons. The highest BCUT2D eigenvalue weighted by Gasteiger charge is 2.09. The van der Waals surface area contributed by atoms with Crippen LogP contribution in [0.1, 0.15) is 19.4 Å². The minimum atomic E-state index is -0.105. The monoisotopic (exact) mass is 273 g/mol. The number of nitrogens with zero attached hydrogens (tertiary/aromatic N) is 4. The van der Waals surface area contributed by atoms with Crippen LogP contribution >= 0.6 is 0 Å². The van der Waals surface area contributed by atoms with Crippen LogP contribution in [0.5, 0.6) is 0 Å². The quantitative estimate of drug-likeness (QED) is 0.894. The predicted octanol–water partition coefficient (Wildman–Crippen LogP) is 1.42. The van der Waals surface area contributed by atoms with Crippen LogP contribution in [0.4, 0.5) is 0 Å². The lowest BCUT2D eigenvalue weighted by atomic mass is 10.1. The third-order valence-electron chi connectivity index (χ3n) is 2.76. The minimum absolute atomic E-state index is 0.0889. The molecule has 0 bridgehead atoms. The number of tetrazole rings is 1. The maximum Gasteiger partial charge on any atom is 0.243 e. The van der Waals surface area contributed by atoms with Crippen LogP contribution in [-0.2, 0) is 11.3 Å². The lowest BCUT2D eigenvalue weighted by Crippen LogP contribution is -2.31. The third kappa shape index (κ3) is 3.88. The van der Waals surface area contributed by atoms with Crippen LogP contribution in [0.25, 0.3) is 11.4 Å². The number of carbonyl (C=O) groups is 1. The molecule has 0 spiro atoms. The Bertz CT molecular complexity index is 574. The molecule has 1 aromatic carbocycles. The molecule has 1 heterocycles. The summed E-state index contributed by atoms with van der Waals surface area (Å²) in [4.78, 5) is 13.0. The molecule has 2 aromatic rings. The lowest BCUT2D eigenvalue weighted by molar-refractivity contribution is -0.122. The lowest BCUT2D eigenvalue weighted by Gasteiger charge is -2.06. The number of aromatic nitrogens is 4. The van der Waals surface area contributed by atoms with E-state index in [1.54, 1.807) is 0 Å². The second-order valence-electron chi connectivity index (χ2n) is 5.21. The molecule has 1 N–H and O–H groups in total. The van der Waals surface area contributed by atoms with Crippen molar-refractivity contribution in [1.29, 1.82) is 0 Å². The van der Waals surface area contributed by atoms with Gasteiger partial charge in [-0.15, -0.1) is 10.2 Å². The summed E-state index contributed by atoms with van der Waals surface area (Å²) in [5.41, 5.74) is 2.07. The largest absolute Gasteiger partial charge is 0.354 e. The summed E-state index contributed by atoms with van der Waals surface area (Å²) in [6.07, 6.45) is 0. The van der Waals surface area contributed by atoms with E-state index >= 15 is 0 Å². The Kier molecular flexibility index (Phi) is 4.45. The van der Waals surface area contributed by atoms with Gasteiger partial charge in [-0.05, 0) is 18.1 Å². The number of hydrogen-bond acceptors (Lipinski definition) is 4. The first-order valence-corrected chi connectivity index (χ1v) is 6.66. The molecule has 20 heavy (non-hydrogen) atoms. The van der Waals surface area contributed by atoms with Crippen molar-refractivity contribution in [2.24, 2.45) is 5.92 Å². The maximum atomic E-state index is 11.7. The number of aryl methyl sites for hydroxylation is 1. The van der Waals surface area contributed by atoms with Crippen molar-refractivity contribution in [3.8, 4) is 11.4 Å². The zero-order valence-electron chi connectivity index (χ0n) is 12.0. The highest BCUT2D eigenvalue weighted by atomic mass is 16.2. The molecular formula is C14H19N5O. The fourth-order valence-corrected chi connectivity index (χ4v) is 1.63. The van der Waals surface area contributed by atoms with Gasteiger partial charge in [0.15, 0.2) is 0 Å². The second-order valence-corrected chi connectivity index (χ2v) is 5.21. The Morgan fingerprint density at radius 3 is 2.65 bits per heavy atom. The van der Waals surface area contributed by atoms with E-state index in [4.69, 9.17) is 0 Å². The van der Waals surface area contributed by atoms with E-state index in [0.29, 0.717) is 18.3 Å². The van der Waals surface area contributed by atoms with Gasteiger partial charge in [-0.25, -0.2) is 0 Å². The molecule has 0 atom stereocenters. The molecule has 6 nitrogen and oxygen atoms in total. The number of hydrogen-bond donors (Lipinski definition) is 1. The van der Waals surface area contributed by atoms with Crippen molar-refractivity contribution in [1.82, 2.24) is 25.5 Å². The minimum Gasteiger partial charge on any atom is -0.354 e. The molecular weight excluding hydrogens is 254 g/mol. The zero-order chi connectivity index (χ0) is 14.5. The molecule has 0 aliphatic heterocycles. The highest BCUT2D eigenvalue weighted by Crippen LogP contribution is 2.13. The van der Waals surface area contributed by atoms with Gasteiger partial charge < -0.3 is 5.32 Å². The zero-order valence-corrected chi connectivity index (χ0v) is 12.0. The molecule has 1 amide bonds. The third-order valence-corrected chi connectivity index (χ3v) is 2.76. The van der Waals surface area contributed by atoms with Gasteiger partial charge in [0, 0.05) is 12.1 Å². The van der Waals surface area contributed by atoms with Crippen LogP contribution in [0.3, 0.4) is 0 Å². The topological polar surface area (TPSA) is 72.7 Å². The Morgan fingerprint density at radius 2 is 2.00 bits per heavy atom. The van der Waals surface area contributed by atoms with Gasteiger partial charge >= 0.3 is 0 Å². The fourth-order valence-electron chi connectivity index (χ4n) is 1.63. The van der Waals surface area contributed by atoms with Crippen molar-refractivity contribution >= 4 is 5.91 Å². The van der Waals surface area contributed by atoms with Crippen LogP contribution in [0.15, 0.2) is 24.3 Å². The normalized spacial score (nSPS) is 10.8. The smallest absolute Gasteiger partial charge is 0.243 e. The molecule has 0 aliphatic rings. The van der Waals surface area contributed by atoms with Gasteiger partial charge in [-0.3, -0.25) is 4.79 Å². The molecule has 6 heteroatoms. The van der Waals surface area contributed by atoms with Gasteiger partial charge in [0.25, 0.3) is 0 Å². The van der Waals surface area contributed by atoms with E-state index in [9.17, 15) is 4.79 Å². The van der Waals surface area contributed by atoms with E-state index in [-0.39, 0.29) is 12.5 Å². The van der Waals surface area contributed by atoms with Crippen molar-refractivity contribution in [2.75, 3.05) is 6.54 Å². The Labute approximate surface area is 118 Å². The number of carbonyl (C=O) groups excluding carboxylic acids is 1. The Hall–Kier alpha value is -2.24. The standard InChI is InChI=1S/C14H19N5O/c1-10(2)8-15-13(20)9-19-17-14(16-18-19)12-6-4-11(3)5-7-12/h4-7,10H,8-9H2,1-3H3,(H,15,20). The highest BCUT2D eigenvalue weighted by molar-refractivity contribution is 5.75. The predicted molar refractivity (Wildman–Crippen MR) is 75.8 cm³/mol.